The molecule has 5 nitrogen and oxygen atoms in total. The zero-order valence-electron chi connectivity index (χ0n) is 20.0. The number of aromatic nitrogens is 1. The van der Waals surface area contributed by atoms with Gasteiger partial charge in [-0.15, -0.1) is 0 Å². The van der Waals surface area contributed by atoms with Crippen LogP contribution in [0.1, 0.15) is 0 Å². The second kappa shape index (κ2) is 9.62. The second-order valence-corrected chi connectivity index (χ2v) is 9.18. The van der Waals surface area contributed by atoms with Gasteiger partial charge < -0.3 is 18.9 Å². The van der Waals surface area contributed by atoms with E-state index in [1.807, 2.05) is 42.5 Å². The number of hydrogen-bond acceptors (Lipinski definition) is 4. The first-order valence-electron chi connectivity index (χ1n) is 11.1. The molecule has 0 fully saturated rings. The standard InChI is InChI=1S/C29H25INO4/c1-32-22-10-5-8-20-26(22)29(28-24(34-3)12-7-13-25(28)35-4)27-21(9-6-11-23(27)33-2)31(20)19-16-14-18(30)15-17-19/h5-17H,1-4H3/q+1. The Bertz CT molecular complexity index is 1460. The van der Waals surface area contributed by atoms with Crippen LogP contribution in [0.15, 0.2) is 78.9 Å². The van der Waals surface area contributed by atoms with Crippen LogP contribution in [-0.2, 0) is 0 Å². The molecule has 1 heterocycles. The van der Waals surface area contributed by atoms with Crippen LogP contribution in [0.5, 0.6) is 23.0 Å². The van der Waals surface area contributed by atoms with Crippen molar-refractivity contribution in [3.05, 3.63) is 82.4 Å². The third-order valence-corrected chi connectivity index (χ3v) is 6.91. The van der Waals surface area contributed by atoms with Crippen LogP contribution < -0.4 is 23.5 Å². The van der Waals surface area contributed by atoms with E-state index >= 15 is 0 Å². The fraction of sp³-hybridized carbons (Fsp3) is 0.138. The monoisotopic (exact) mass is 578 g/mol. The number of halogens is 1. The van der Waals surface area contributed by atoms with Crippen LogP contribution in [0, 0.1) is 3.57 Å². The molecule has 0 radical (unpaired) electrons. The molecule has 0 N–H and O–H groups in total. The predicted octanol–water partition coefficient (Wildman–Crippen LogP) is 6.58. The van der Waals surface area contributed by atoms with Gasteiger partial charge in [-0.05, 0) is 59.0 Å². The van der Waals surface area contributed by atoms with Gasteiger partial charge >= 0.3 is 0 Å². The molecule has 0 atom stereocenters. The first kappa shape index (κ1) is 23.2. The maximum absolute atomic E-state index is 5.93. The highest BCUT2D eigenvalue weighted by molar-refractivity contribution is 14.1. The van der Waals surface area contributed by atoms with Gasteiger partial charge in [0.05, 0.1) is 44.8 Å². The van der Waals surface area contributed by atoms with E-state index < -0.39 is 0 Å². The third-order valence-electron chi connectivity index (χ3n) is 6.19. The van der Waals surface area contributed by atoms with Crippen LogP contribution in [0.25, 0.3) is 38.6 Å². The second-order valence-electron chi connectivity index (χ2n) is 7.93. The number of pyridine rings is 1. The van der Waals surface area contributed by atoms with Crippen molar-refractivity contribution in [3.63, 3.8) is 0 Å². The van der Waals surface area contributed by atoms with Crippen molar-refractivity contribution in [1.82, 2.24) is 0 Å². The Morgan fingerprint density at radius 2 is 0.943 bits per heavy atom. The van der Waals surface area contributed by atoms with Gasteiger partial charge in [0.1, 0.15) is 23.0 Å². The molecule has 6 heteroatoms. The highest BCUT2D eigenvalue weighted by atomic mass is 127. The smallest absolute Gasteiger partial charge is 0.223 e. The fourth-order valence-electron chi connectivity index (χ4n) is 4.73. The molecule has 0 spiro atoms. The maximum Gasteiger partial charge on any atom is 0.223 e. The average Bonchev–Trinajstić information content (AvgIpc) is 2.91. The first-order chi connectivity index (χ1) is 17.1. The summed E-state index contributed by atoms with van der Waals surface area (Å²) in [6.45, 7) is 0. The number of rotatable bonds is 6. The van der Waals surface area contributed by atoms with Gasteiger partial charge in [-0.2, -0.15) is 4.57 Å². The molecule has 0 unspecified atom stereocenters. The molecule has 35 heavy (non-hydrogen) atoms. The van der Waals surface area contributed by atoms with Crippen molar-refractivity contribution >= 4 is 44.4 Å². The lowest BCUT2D eigenvalue weighted by atomic mass is 9.92. The SMILES string of the molecule is COc1cccc(OC)c1-c1c2c(OC)cccc2[n+](-c2ccc(I)cc2)c2cccc(OC)c12. The molecule has 0 amide bonds. The number of ether oxygens (including phenoxy) is 4. The molecule has 0 aliphatic heterocycles. The Labute approximate surface area is 218 Å². The van der Waals surface area contributed by atoms with E-state index in [0.717, 1.165) is 50.1 Å². The Hall–Kier alpha value is -3.52. The van der Waals surface area contributed by atoms with Gasteiger partial charge in [-0.3, -0.25) is 0 Å². The number of fused-ring (bicyclic) bond motifs is 2. The normalized spacial score (nSPS) is 11.0. The van der Waals surface area contributed by atoms with Gasteiger partial charge in [0.15, 0.2) is 0 Å². The van der Waals surface area contributed by atoms with Crippen molar-refractivity contribution < 1.29 is 23.5 Å². The van der Waals surface area contributed by atoms with Gasteiger partial charge in [0.2, 0.25) is 16.7 Å². The van der Waals surface area contributed by atoms with Gasteiger partial charge in [0, 0.05) is 33.4 Å². The lowest BCUT2D eigenvalue weighted by Gasteiger charge is -2.19. The van der Waals surface area contributed by atoms with Crippen molar-refractivity contribution in [2.75, 3.05) is 28.4 Å². The van der Waals surface area contributed by atoms with Crippen LogP contribution in [0.3, 0.4) is 0 Å². The Morgan fingerprint density at radius 1 is 0.514 bits per heavy atom. The van der Waals surface area contributed by atoms with E-state index in [1.165, 1.54) is 3.57 Å². The largest absolute Gasteiger partial charge is 0.496 e. The minimum absolute atomic E-state index is 0.704. The lowest BCUT2D eigenvalue weighted by Crippen LogP contribution is -2.33. The van der Waals surface area contributed by atoms with Crippen LogP contribution >= 0.6 is 22.6 Å². The average molecular weight is 578 g/mol. The molecule has 0 saturated heterocycles. The molecule has 0 bridgehead atoms. The lowest BCUT2D eigenvalue weighted by molar-refractivity contribution is -0.538. The summed E-state index contributed by atoms with van der Waals surface area (Å²) in [4.78, 5) is 0. The molecular formula is C29H25INO4+. The molecule has 5 rings (SSSR count). The molecule has 5 aromatic rings. The molecule has 0 saturated carbocycles. The van der Waals surface area contributed by atoms with Crippen molar-refractivity contribution in [2.24, 2.45) is 0 Å². The molecular weight excluding hydrogens is 553 g/mol. The van der Waals surface area contributed by atoms with E-state index in [-0.39, 0.29) is 0 Å². The van der Waals surface area contributed by atoms with Crippen molar-refractivity contribution in [1.29, 1.82) is 0 Å². The van der Waals surface area contributed by atoms with Crippen LogP contribution in [0.2, 0.25) is 0 Å². The summed E-state index contributed by atoms with van der Waals surface area (Å²) in [7, 11) is 6.73. The van der Waals surface area contributed by atoms with E-state index in [0.29, 0.717) is 11.5 Å². The van der Waals surface area contributed by atoms with E-state index in [9.17, 15) is 0 Å². The molecule has 176 valence electrons. The molecule has 1 aromatic heterocycles. The third kappa shape index (κ3) is 3.82. The summed E-state index contributed by atoms with van der Waals surface area (Å²) in [5.41, 5.74) is 4.81. The van der Waals surface area contributed by atoms with E-state index in [2.05, 4.69) is 63.6 Å². The zero-order chi connectivity index (χ0) is 24.5. The van der Waals surface area contributed by atoms with E-state index in [1.54, 1.807) is 28.4 Å². The topological polar surface area (TPSA) is 40.8 Å². The molecule has 0 aliphatic carbocycles. The Balaban J connectivity index is 2.11. The summed E-state index contributed by atoms with van der Waals surface area (Å²) in [6.07, 6.45) is 0. The van der Waals surface area contributed by atoms with Crippen LogP contribution in [0.4, 0.5) is 0 Å². The van der Waals surface area contributed by atoms with Crippen molar-refractivity contribution in [3.8, 4) is 39.8 Å². The highest BCUT2D eigenvalue weighted by Gasteiger charge is 2.30. The van der Waals surface area contributed by atoms with Gasteiger partial charge in [0.25, 0.3) is 0 Å². The number of hydrogen-bond donors (Lipinski definition) is 0. The minimum Gasteiger partial charge on any atom is -0.496 e. The first-order valence-corrected chi connectivity index (χ1v) is 12.2. The molecule has 0 aliphatic rings. The predicted molar refractivity (Wildman–Crippen MR) is 147 cm³/mol. The minimum atomic E-state index is 0.704. The number of methoxy groups -OCH3 is 4. The molecule has 4 aromatic carbocycles. The fourth-order valence-corrected chi connectivity index (χ4v) is 5.08. The van der Waals surface area contributed by atoms with Gasteiger partial charge in [-0.25, -0.2) is 0 Å². The number of benzene rings is 4. The number of nitrogens with zero attached hydrogens (tertiary/aromatic N) is 1. The summed E-state index contributed by atoms with van der Waals surface area (Å²) < 4.78 is 27.0. The summed E-state index contributed by atoms with van der Waals surface area (Å²) >= 11 is 2.33. The van der Waals surface area contributed by atoms with Crippen molar-refractivity contribution in [2.45, 2.75) is 0 Å². The van der Waals surface area contributed by atoms with Crippen LogP contribution in [-0.4, -0.2) is 28.4 Å². The summed E-state index contributed by atoms with van der Waals surface area (Å²) in [6, 6.07) is 26.5. The maximum atomic E-state index is 5.93. The van der Waals surface area contributed by atoms with Gasteiger partial charge in [-0.1, -0.05) is 18.2 Å². The summed E-state index contributed by atoms with van der Waals surface area (Å²) in [5.74, 6) is 2.90. The highest BCUT2D eigenvalue weighted by Crippen LogP contribution is 2.49. The Morgan fingerprint density at radius 3 is 1.40 bits per heavy atom. The Kier molecular flexibility index (Phi) is 6.38. The quantitative estimate of drug-likeness (QED) is 0.130. The zero-order valence-corrected chi connectivity index (χ0v) is 22.1. The van der Waals surface area contributed by atoms with E-state index in [4.69, 9.17) is 18.9 Å². The summed E-state index contributed by atoms with van der Waals surface area (Å²) in [5, 5.41) is 1.88.